The van der Waals surface area contributed by atoms with Crippen LogP contribution in [-0.4, -0.2) is 37.0 Å². The van der Waals surface area contributed by atoms with Gasteiger partial charge in [-0.2, -0.15) is 13.2 Å². The highest BCUT2D eigenvalue weighted by Gasteiger charge is 2.43. The number of nitrogens with zero attached hydrogens (tertiary/aromatic N) is 2. The maximum atomic E-state index is 12.8. The number of pyridine rings is 1. The summed E-state index contributed by atoms with van der Waals surface area (Å²) in [6.07, 6.45) is -4.54. The summed E-state index contributed by atoms with van der Waals surface area (Å²) >= 11 is 5.98. The summed E-state index contributed by atoms with van der Waals surface area (Å²) in [7, 11) is 0. The molecule has 0 bridgehead atoms. The van der Waals surface area contributed by atoms with E-state index in [4.69, 9.17) is 16.3 Å². The molecule has 1 aliphatic rings. The molecule has 2 heterocycles. The molecule has 0 N–H and O–H groups in total. The van der Waals surface area contributed by atoms with Gasteiger partial charge in [0, 0.05) is 28.8 Å². The van der Waals surface area contributed by atoms with Gasteiger partial charge >= 0.3 is 6.18 Å². The molecule has 2 aromatic rings. The third-order valence-electron chi connectivity index (χ3n) is 3.45. The second-order valence-electron chi connectivity index (χ2n) is 4.84. The molecule has 1 aliphatic heterocycles. The number of alkyl halides is 3. The molecule has 0 amide bonds. The molecular formula is C14H12ClF3N2O. The lowest BCUT2D eigenvalue weighted by Crippen LogP contribution is -2.49. The van der Waals surface area contributed by atoms with Gasteiger partial charge in [0.05, 0.1) is 18.7 Å². The Bertz CT molecular complexity index is 662. The maximum Gasteiger partial charge on any atom is 0.416 e. The Labute approximate surface area is 124 Å². The average molecular weight is 317 g/mol. The summed E-state index contributed by atoms with van der Waals surface area (Å²) in [5, 5.41) is 1.27. The average Bonchev–Trinajstić information content (AvgIpc) is 2.46. The standard InChI is InChI=1S/C14H12ClF3N2O/c15-9-1-2-11-10(7-9)12(3-4-19-11)20-5-6-21-13(8-20)14(16,17)18/h1-4,7,13H,5-6,8H2. The second kappa shape index (κ2) is 5.35. The predicted molar refractivity (Wildman–Crippen MR) is 74.8 cm³/mol. The number of rotatable bonds is 1. The molecule has 1 aromatic carbocycles. The summed E-state index contributed by atoms with van der Waals surface area (Å²) in [4.78, 5) is 5.88. The summed E-state index contributed by atoms with van der Waals surface area (Å²) < 4.78 is 43.3. The fraction of sp³-hybridized carbons (Fsp3) is 0.357. The zero-order chi connectivity index (χ0) is 15.0. The molecule has 3 nitrogen and oxygen atoms in total. The zero-order valence-electron chi connectivity index (χ0n) is 10.9. The third-order valence-corrected chi connectivity index (χ3v) is 3.69. The minimum atomic E-state index is -4.36. The van der Waals surface area contributed by atoms with Crippen molar-refractivity contribution in [2.45, 2.75) is 12.3 Å². The van der Waals surface area contributed by atoms with Gasteiger partial charge in [0.25, 0.3) is 0 Å². The van der Waals surface area contributed by atoms with Crippen molar-refractivity contribution in [2.24, 2.45) is 0 Å². The lowest BCUT2D eigenvalue weighted by Gasteiger charge is -2.35. The van der Waals surface area contributed by atoms with Crippen LogP contribution in [0.4, 0.5) is 18.9 Å². The van der Waals surface area contributed by atoms with Crippen LogP contribution in [-0.2, 0) is 4.74 Å². The lowest BCUT2D eigenvalue weighted by atomic mass is 10.1. The molecule has 0 aliphatic carbocycles. The van der Waals surface area contributed by atoms with E-state index in [0.717, 1.165) is 5.39 Å². The van der Waals surface area contributed by atoms with Crippen LogP contribution in [0.15, 0.2) is 30.5 Å². The monoisotopic (exact) mass is 316 g/mol. The molecule has 1 unspecified atom stereocenters. The fourth-order valence-corrected chi connectivity index (χ4v) is 2.62. The number of fused-ring (bicyclic) bond motifs is 1. The van der Waals surface area contributed by atoms with Crippen molar-refractivity contribution in [3.8, 4) is 0 Å². The summed E-state index contributed by atoms with van der Waals surface area (Å²) in [6.45, 7) is 0.210. The van der Waals surface area contributed by atoms with E-state index < -0.39 is 12.3 Å². The number of anilines is 1. The summed E-state index contributed by atoms with van der Waals surface area (Å²) in [5.74, 6) is 0. The van der Waals surface area contributed by atoms with E-state index >= 15 is 0 Å². The molecule has 7 heteroatoms. The summed E-state index contributed by atoms with van der Waals surface area (Å²) in [6, 6.07) is 6.88. The maximum absolute atomic E-state index is 12.8. The number of hydrogen-bond donors (Lipinski definition) is 0. The van der Waals surface area contributed by atoms with E-state index in [-0.39, 0.29) is 13.2 Å². The Morgan fingerprint density at radius 1 is 1.29 bits per heavy atom. The first kappa shape index (κ1) is 14.4. The Kier molecular flexibility index (Phi) is 3.67. The van der Waals surface area contributed by atoms with Gasteiger partial charge in [0.2, 0.25) is 0 Å². The van der Waals surface area contributed by atoms with Gasteiger partial charge in [-0.25, -0.2) is 0 Å². The van der Waals surface area contributed by atoms with Crippen molar-refractivity contribution in [1.29, 1.82) is 0 Å². The molecule has 0 radical (unpaired) electrons. The Hall–Kier alpha value is -1.53. The Morgan fingerprint density at radius 2 is 2.10 bits per heavy atom. The topological polar surface area (TPSA) is 25.4 Å². The first-order valence-electron chi connectivity index (χ1n) is 6.43. The highest BCUT2D eigenvalue weighted by Crippen LogP contribution is 2.32. The fourth-order valence-electron chi connectivity index (χ4n) is 2.45. The van der Waals surface area contributed by atoms with Crippen molar-refractivity contribution in [2.75, 3.05) is 24.6 Å². The van der Waals surface area contributed by atoms with Crippen LogP contribution in [0, 0.1) is 0 Å². The zero-order valence-corrected chi connectivity index (χ0v) is 11.7. The minimum absolute atomic E-state index is 0.0363. The molecule has 3 rings (SSSR count). The van der Waals surface area contributed by atoms with Gasteiger partial charge in [-0.05, 0) is 24.3 Å². The number of benzene rings is 1. The molecule has 1 fully saturated rings. The van der Waals surface area contributed by atoms with Crippen LogP contribution in [0.3, 0.4) is 0 Å². The first-order chi connectivity index (χ1) is 9.95. The van der Waals surface area contributed by atoms with Gasteiger partial charge < -0.3 is 9.64 Å². The van der Waals surface area contributed by atoms with E-state index in [0.29, 0.717) is 22.8 Å². The van der Waals surface area contributed by atoms with Crippen molar-refractivity contribution in [3.63, 3.8) is 0 Å². The SMILES string of the molecule is FC(F)(F)C1CN(c2ccnc3ccc(Cl)cc23)CCO1. The van der Waals surface area contributed by atoms with Crippen LogP contribution in [0.2, 0.25) is 5.02 Å². The molecule has 112 valence electrons. The smallest absolute Gasteiger partial charge is 0.366 e. The van der Waals surface area contributed by atoms with Crippen LogP contribution in [0.25, 0.3) is 10.9 Å². The van der Waals surface area contributed by atoms with Crippen molar-refractivity contribution in [3.05, 3.63) is 35.5 Å². The molecule has 21 heavy (non-hydrogen) atoms. The van der Waals surface area contributed by atoms with Gasteiger partial charge in [0.1, 0.15) is 0 Å². The van der Waals surface area contributed by atoms with E-state index in [1.807, 2.05) is 0 Å². The number of halogens is 4. The number of ether oxygens (including phenoxy) is 1. The quantitative estimate of drug-likeness (QED) is 0.803. The molecule has 1 aromatic heterocycles. The minimum Gasteiger partial charge on any atom is -0.366 e. The van der Waals surface area contributed by atoms with Crippen LogP contribution in [0.1, 0.15) is 0 Å². The van der Waals surface area contributed by atoms with Gasteiger partial charge in [-0.15, -0.1) is 0 Å². The highest BCUT2D eigenvalue weighted by molar-refractivity contribution is 6.31. The van der Waals surface area contributed by atoms with Crippen molar-refractivity contribution >= 4 is 28.2 Å². The number of hydrogen-bond acceptors (Lipinski definition) is 3. The van der Waals surface area contributed by atoms with Crippen molar-refractivity contribution < 1.29 is 17.9 Å². The van der Waals surface area contributed by atoms with E-state index in [1.54, 1.807) is 35.4 Å². The van der Waals surface area contributed by atoms with E-state index in [1.165, 1.54) is 0 Å². The molecular weight excluding hydrogens is 305 g/mol. The Morgan fingerprint density at radius 3 is 2.86 bits per heavy atom. The Balaban J connectivity index is 1.98. The molecule has 1 atom stereocenters. The predicted octanol–water partition coefficient (Wildman–Crippen LogP) is 3.66. The largest absolute Gasteiger partial charge is 0.416 e. The van der Waals surface area contributed by atoms with Crippen molar-refractivity contribution in [1.82, 2.24) is 4.98 Å². The second-order valence-corrected chi connectivity index (χ2v) is 5.28. The number of aromatic nitrogens is 1. The first-order valence-corrected chi connectivity index (χ1v) is 6.80. The van der Waals surface area contributed by atoms with Crippen LogP contribution < -0.4 is 4.90 Å². The number of morpholine rings is 1. The molecule has 0 saturated carbocycles. The van der Waals surface area contributed by atoms with Gasteiger partial charge in [0.15, 0.2) is 6.10 Å². The molecule has 1 saturated heterocycles. The molecule has 0 spiro atoms. The van der Waals surface area contributed by atoms with Crippen LogP contribution in [0.5, 0.6) is 0 Å². The lowest BCUT2D eigenvalue weighted by molar-refractivity contribution is -0.221. The van der Waals surface area contributed by atoms with Gasteiger partial charge in [-0.1, -0.05) is 11.6 Å². The third kappa shape index (κ3) is 2.91. The van der Waals surface area contributed by atoms with E-state index in [9.17, 15) is 13.2 Å². The van der Waals surface area contributed by atoms with E-state index in [2.05, 4.69) is 4.98 Å². The highest BCUT2D eigenvalue weighted by atomic mass is 35.5. The van der Waals surface area contributed by atoms with Crippen LogP contribution >= 0.6 is 11.6 Å². The summed E-state index contributed by atoms with van der Waals surface area (Å²) in [5.41, 5.74) is 1.40. The van der Waals surface area contributed by atoms with Gasteiger partial charge in [-0.3, -0.25) is 4.98 Å². The normalized spacial score (nSPS) is 20.0.